The number of thiazole rings is 1. The van der Waals surface area contributed by atoms with Gasteiger partial charge in [-0.05, 0) is 12.1 Å². The minimum atomic E-state index is -0.415. The van der Waals surface area contributed by atoms with Crippen LogP contribution in [0.5, 0.6) is 0 Å². The second-order valence-corrected chi connectivity index (χ2v) is 5.33. The van der Waals surface area contributed by atoms with Gasteiger partial charge < -0.3 is 10.3 Å². The molecule has 0 aliphatic carbocycles. The van der Waals surface area contributed by atoms with E-state index < -0.39 is 5.82 Å². The number of fused-ring (bicyclic) bond motifs is 1. The highest BCUT2D eigenvalue weighted by Gasteiger charge is 2.06. The Morgan fingerprint density at radius 2 is 2.25 bits per heavy atom. The molecule has 1 aromatic carbocycles. The molecule has 0 aliphatic heterocycles. The summed E-state index contributed by atoms with van der Waals surface area (Å²) in [4.78, 5) is 19.0. The summed E-state index contributed by atoms with van der Waals surface area (Å²) in [5, 5.41) is 6.42. The molecule has 2 aromatic heterocycles. The summed E-state index contributed by atoms with van der Waals surface area (Å²) in [7, 11) is 0. The Balaban J connectivity index is 1.82. The van der Waals surface area contributed by atoms with Crippen molar-refractivity contribution < 1.29 is 4.39 Å². The molecule has 20 heavy (non-hydrogen) atoms. The zero-order chi connectivity index (χ0) is 13.9. The molecule has 4 nitrogen and oxygen atoms in total. The van der Waals surface area contributed by atoms with E-state index in [4.69, 9.17) is 0 Å². The normalized spacial score (nSPS) is 11.1. The lowest BCUT2D eigenvalue weighted by Crippen LogP contribution is -2.16. The number of benzene rings is 1. The Bertz CT molecular complexity index is 783. The first-order chi connectivity index (χ1) is 9.74. The summed E-state index contributed by atoms with van der Waals surface area (Å²) in [5.74, 6) is -0.415. The molecule has 0 amide bonds. The Kier molecular flexibility index (Phi) is 3.58. The second kappa shape index (κ2) is 5.52. The molecular weight excluding hydrogens is 277 g/mol. The molecule has 102 valence electrons. The van der Waals surface area contributed by atoms with E-state index >= 15 is 0 Å². The molecule has 2 N–H and O–H groups in total. The topological polar surface area (TPSA) is 57.8 Å². The van der Waals surface area contributed by atoms with Crippen LogP contribution >= 0.6 is 11.3 Å². The van der Waals surface area contributed by atoms with Gasteiger partial charge in [-0.3, -0.25) is 4.79 Å². The monoisotopic (exact) mass is 289 g/mol. The largest absolute Gasteiger partial charge is 0.355 e. The summed E-state index contributed by atoms with van der Waals surface area (Å²) in [5.41, 5.74) is 0.736. The van der Waals surface area contributed by atoms with Crippen LogP contribution in [0, 0.1) is 5.82 Å². The van der Waals surface area contributed by atoms with Crippen LogP contribution in [0.1, 0.15) is 10.7 Å². The smallest absolute Gasteiger partial charge is 0.189 e. The molecule has 3 rings (SSSR count). The van der Waals surface area contributed by atoms with Crippen molar-refractivity contribution in [3.8, 4) is 0 Å². The highest BCUT2D eigenvalue weighted by molar-refractivity contribution is 7.09. The van der Waals surface area contributed by atoms with E-state index in [1.165, 1.54) is 18.2 Å². The predicted octanol–water partition coefficient (Wildman–Crippen LogP) is 2.41. The van der Waals surface area contributed by atoms with Gasteiger partial charge in [0.05, 0.1) is 5.52 Å². The lowest BCUT2D eigenvalue weighted by Gasteiger charge is -2.06. The zero-order valence-corrected chi connectivity index (χ0v) is 11.3. The van der Waals surface area contributed by atoms with Gasteiger partial charge in [-0.25, -0.2) is 9.37 Å². The number of aromatic nitrogens is 2. The quantitative estimate of drug-likeness (QED) is 0.775. The van der Waals surface area contributed by atoms with Gasteiger partial charge in [0.2, 0.25) is 0 Å². The van der Waals surface area contributed by atoms with E-state index in [2.05, 4.69) is 15.3 Å². The van der Waals surface area contributed by atoms with E-state index in [0.717, 1.165) is 5.01 Å². The van der Waals surface area contributed by atoms with E-state index in [0.29, 0.717) is 24.2 Å². The number of nitrogens with one attached hydrogen (secondary N) is 2. The Hall–Kier alpha value is -2.05. The average molecular weight is 289 g/mol. The van der Waals surface area contributed by atoms with Gasteiger partial charge in [-0.15, -0.1) is 11.3 Å². The summed E-state index contributed by atoms with van der Waals surface area (Å²) >= 11 is 1.56. The van der Waals surface area contributed by atoms with Crippen molar-refractivity contribution >= 4 is 22.2 Å². The van der Waals surface area contributed by atoms with Crippen molar-refractivity contribution in [2.75, 3.05) is 0 Å². The fourth-order valence-electron chi connectivity index (χ4n) is 2.03. The van der Waals surface area contributed by atoms with Crippen molar-refractivity contribution in [2.24, 2.45) is 0 Å². The molecule has 0 fully saturated rings. The highest BCUT2D eigenvalue weighted by Crippen LogP contribution is 2.12. The third-order valence-electron chi connectivity index (χ3n) is 2.95. The molecule has 0 radical (unpaired) electrons. The number of hydrogen-bond acceptors (Lipinski definition) is 4. The van der Waals surface area contributed by atoms with Crippen LogP contribution in [-0.2, 0) is 13.1 Å². The van der Waals surface area contributed by atoms with Gasteiger partial charge in [0, 0.05) is 41.8 Å². The summed E-state index contributed by atoms with van der Waals surface area (Å²) in [6.45, 7) is 1.08. The molecule has 2 heterocycles. The predicted molar refractivity (Wildman–Crippen MR) is 77.2 cm³/mol. The van der Waals surface area contributed by atoms with Gasteiger partial charge >= 0.3 is 0 Å². The number of rotatable bonds is 4. The fraction of sp³-hybridized carbons (Fsp3) is 0.143. The molecule has 6 heteroatoms. The van der Waals surface area contributed by atoms with Crippen molar-refractivity contribution in [1.29, 1.82) is 0 Å². The van der Waals surface area contributed by atoms with Crippen LogP contribution in [0.25, 0.3) is 10.9 Å². The number of pyridine rings is 1. The van der Waals surface area contributed by atoms with E-state index in [9.17, 15) is 9.18 Å². The van der Waals surface area contributed by atoms with Crippen molar-refractivity contribution in [3.05, 3.63) is 62.6 Å². The standard InChI is InChI=1S/C14H12FN3OS/c15-11-3-1-2-10-12(19)6-9(18-14(10)11)7-16-8-13-17-4-5-20-13/h1-6,16H,7-8H2,(H,18,19). The van der Waals surface area contributed by atoms with Gasteiger partial charge in [0.1, 0.15) is 10.8 Å². The summed E-state index contributed by atoms with van der Waals surface area (Å²) < 4.78 is 13.7. The van der Waals surface area contributed by atoms with Crippen LogP contribution in [0.4, 0.5) is 4.39 Å². The maximum absolute atomic E-state index is 13.7. The van der Waals surface area contributed by atoms with Crippen LogP contribution < -0.4 is 10.7 Å². The van der Waals surface area contributed by atoms with E-state index in [-0.39, 0.29) is 10.9 Å². The van der Waals surface area contributed by atoms with Gasteiger partial charge in [-0.1, -0.05) is 6.07 Å². The zero-order valence-electron chi connectivity index (χ0n) is 10.5. The third kappa shape index (κ3) is 2.61. The molecule has 0 atom stereocenters. The SMILES string of the molecule is O=c1cc(CNCc2nccs2)[nH]c2c(F)cccc12. The first kappa shape index (κ1) is 13.0. The lowest BCUT2D eigenvalue weighted by molar-refractivity contribution is 0.633. The molecule has 0 spiro atoms. The Morgan fingerprint density at radius 3 is 3.05 bits per heavy atom. The van der Waals surface area contributed by atoms with Gasteiger partial charge in [0.25, 0.3) is 0 Å². The lowest BCUT2D eigenvalue weighted by atomic mass is 10.2. The molecule has 3 aromatic rings. The van der Waals surface area contributed by atoms with Crippen molar-refractivity contribution in [3.63, 3.8) is 0 Å². The second-order valence-electron chi connectivity index (χ2n) is 4.35. The maximum atomic E-state index is 13.7. The third-order valence-corrected chi connectivity index (χ3v) is 3.72. The number of nitrogens with zero attached hydrogens (tertiary/aromatic N) is 1. The first-order valence-electron chi connectivity index (χ1n) is 6.13. The van der Waals surface area contributed by atoms with E-state index in [1.807, 2.05) is 5.38 Å². The summed E-state index contributed by atoms with van der Waals surface area (Å²) in [6, 6.07) is 5.99. The maximum Gasteiger partial charge on any atom is 0.189 e. The molecular formula is C14H12FN3OS. The van der Waals surface area contributed by atoms with Gasteiger partial charge in [-0.2, -0.15) is 0 Å². The fourth-order valence-corrected chi connectivity index (χ4v) is 2.61. The minimum Gasteiger partial charge on any atom is -0.355 e. The number of H-pyrrole nitrogens is 1. The minimum absolute atomic E-state index is 0.177. The van der Waals surface area contributed by atoms with Crippen molar-refractivity contribution in [1.82, 2.24) is 15.3 Å². The average Bonchev–Trinajstić information content (AvgIpc) is 2.93. The number of para-hydroxylation sites is 1. The van der Waals surface area contributed by atoms with Crippen LogP contribution in [0.3, 0.4) is 0 Å². The van der Waals surface area contributed by atoms with Crippen LogP contribution in [0.15, 0.2) is 40.6 Å². The molecule has 0 unspecified atom stereocenters. The summed E-state index contributed by atoms with van der Waals surface area (Å²) in [6.07, 6.45) is 1.74. The number of halogens is 1. The van der Waals surface area contributed by atoms with Crippen molar-refractivity contribution in [2.45, 2.75) is 13.1 Å². The molecule has 0 aliphatic rings. The molecule has 0 bridgehead atoms. The Labute approximate surface area is 118 Å². The molecule has 0 saturated heterocycles. The highest BCUT2D eigenvalue weighted by atomic mass is 32.1. The Morgan fingerprint density at radius 1 is 1.35 bits per heavy atom. The molecule has 0 saturated carbocycles. The number of aromatic amines is 1. The van der Waals surface area contributed by atoms with E-state index in [1.54, 1.807) is 23.6 Å². The van der Waals surface area contributed by atoms with Gasteiger partial charge in [0.15, 0.2) is 5.43 Å². The number of hydrogen-bond donors (Lipinski definition) is 2. The van der Waals surface area contributed by atoms with Crippen LogP contribution in [0.2, 0.25) is 0 Å². The van der Waals surface area contributed by atoms with Crippen LogP contribution in [-0.4, -0.2) is 9.97 Å². The first-order valence-corrected chi connectivity index (χ1v) is 7.01.